The van der Waals surface area contributed by atoms with Crippen LogP contribution in [0.2, 0.25) is 0 Å². The van der Waals surface area contributed by atoms with Gasteiger partial charge in [-0.3, -0.25) is 0 Å². The summed E-state index contributed by atoms with van der Waals surface area (Å²) in [5.41, 5.74) is -0.281. The van der Waals surface area contributed by atoms with E-state index in [0.29, 0.717) is 6.54 Å². The molecule has 0 saturated carbocycles. The molecule has 0 spiro atoms. The number of carbonyl (C=O) groups is 1. The molecule has 1 heterocycles. The van der Waals surface area contributed by atoms with Gasteiger partial charge in [-0.15, -0.1) is 0 Å². The monoisotopic (exact) mass is 283 g/mol. The van der Waals surface area contributed by atoms with Gasteiger partial charge in [-0.1, -0.05) is 12.1 Å². The van der Waals surface area contributed by atoms with E-state index in [0.717, 1.165) is 12.1 Å². The summed E-state index contributed by atoms with van der Waals surface area (Å²) in [5.74, 6) is -1.16. The molecule has 2 rings (SSSR count). The fourth-order valence-electron chi connectivity index (χ4n) is 1.95. The van der Waals surface area contributed by atoms with Gasteiger partial charge in [0, 0.05) is 24.5 Å². The molecule has 6 heteroatoms. The third-order valence-corrected chi connectivity index (χ3v) is 2.98. The average Bonchev–Trinajstić information content (AvgIpc) is 2.82. The normalized spacial score (nSPS) is 11.6. The zero-order valence-electron chi connectivity index (χ0n) is 10.6. The van der Waals surface area contributed by atoms with Gasteiger partial charge in [-0.05, 0) is 24.6 Å². The maximum Gasteiger partial charge on any atom is 0.416 e. The highest BCUT2D eigenvalue weighted by molar-refractivity contribution is 5.96. The molecule has 106 valence electrons. The number of aromatic carboxylic acids is 1. The van der Waals surface area contributed by atoms with Crippen LogP contribution in [-0.2, 0) is 12.7 Å². The Morgan fingerprint density at radius 2 is 2.00 bits per heavy atom. The number of alkyl halides is 3. The van der Waals surface area contributed by atoms with Crippen molar-refractivity contribution in [1.29, 1.82) is 0 Å². The number of aryl methyl sites for hydroxylation is 1. The van der Waals surface area contributed by atoms with Gasteiger partial charge < -0.3 is 9.67 Å². The van der Waals surface area contributed by atoms with Gasteiger partial charge in [-0.25, -0.2) is 4.79 Å². The number of rotatable bonds is 3. The molecule has 3 nitrogen and oxygen atoms in total. The minimum atomic E-state index is -4.45. The molecule has 0 aliphatic carbocycles. The number of hydrogen-bond acceptors (Lipinski definition) is 1. The summed E-state index contributed by atoms with van der Waals surface area (Å²) >= 11 is 0. The zero-order valence-corrected chi connectivity index (χ0v) is 10.6. The first-order valence-electron chi connectivity index (χ1n) is 5.93. The highest BCUT2D eigenvalue weighted by atomic mass is 19.4. The van der Waals surface area contributed by atoms with Gasteiger partial charge in [0.25, 0.3) is 0 Å². The smallest absolute Gasteiger partial charge is 0.416 e. The van der Waals surface area contributed by atoms with Gasteiger partial charge >= 0.3 is 12.1 Å². The number of halogens is 3. The Balaban J connectivity index is 2.56. The van der Waals surface area contributed by atoms with Crippen LogP contribution >= 0.6 is 0 Å². The van der Waals surface area contributed by atoms with Crippen LogP contribution in [0.5, 0.6) is 0 Å². The molecule has 20 heavy (non-hydrogen) atoms. The summed E-state index contributed by atoms with van der Waals surface area (Å²) in [6, 6.07) is 4.66. The summed E-state index contributed by atoms with van der Waals surface area (Å²) in [7, 11) is 0. The van der Waals surface area contributed by atoms with Crippen molar-refractivity contribution in [2.45, 2.75) is 19.6 Å². The number of aromatic nitrogens is 1. The third-order valence-electron chi connectivity index (χ3n) is 2.98. The Bertz CT molecular complexity index is 644. The summed E-state index contributed by atoms with van der Waals surface area (Å²) in [5, 5.41) is 9.13. The molecular weight excluding hydrogens is 271 g/mol. The molecule has 0 atom stereocenters. The van der Waals surface area contributed by atoms with Crippen molar-refractivity contribution < 1.29 is 23.1 Å². The SMILES string of the molecule is CCn1cc(C(=O)O)c(-c2cccc(C(F)(F)F)c2)c1. The van der Waals surface area contributed by atoms with Crippen LogP contribution in [0, 0.1) is 0 Å². The van der Waals surface area contributed by atoms with Crippen LogP contribution < -0.4 is 0 Å². The zero-order chi connectivity index (χ0) is 14.9. The molecule has 0 fully saturated rings. The number of nitrogens with zero attached hydrogens (tertiary/aromatic N) is 1. The summed E-state index contributed by atoms with van der Waals surface area (Å²) in [4.78, 5) is 11.2. The topological polar surface area (TPSA) is 42.2 Å². The van der Waals surface area contributed by atoms with E-state index in [-0.39, 0.29) is 16.7 Å². The Morgan fingerprint density at radius 3 is 2.55 bits per heavy atom. The largest absolute Gasteiger partial charge is 0.478 e. The fourth-order valence-corrected chi connectivity index (χ4v) is 1.95. The predicted molar refractivity (Wildman–Crippen MR) is 67.5 cm³/mol. The van der Waals surface area contributed by atoms with Crippen LogP contribution in [0.3, 0.4) is 0 Å². The Labute approximate surface area is 113 Å². The molecule has 0 aliphatic rings. The summed E-state index contributed by atoms with van der Waals surface area (Å²) in [6.45, 7) is 2.36. The molecule has 0 bridgehead atoms. The van der Waals surface area contributed by atoms with Crippen LogP contribution in [-0.4, -0.2) is 15.6 Å². The number of benzene rings is 1. The third kappa shape index (κ3) is 2.68. The standard InChI is InChI=1S/C14H12F3NO2/c1-2-18-7-11(12(8-18)13(19)20)9-4-3-5-10(6-9)14(15,16)17/h3-8H,2H2,1H3,(H,19,20). The first-order chi connectivity index (χ1) is 9.32. The van der Waals surface area contributed by atoms with Crippen molar-refractivity contribution in [2.24, 2.45) is 0 Å². The van der Waals surface area contributed by atoms with Gasteiger partial charge in [0.05, 0.1) is 11.1 Å². The van der Waals surface area contributed by atoms with E-state index >= 15 is 0 Å². The molecule has 0 radical (unpaired) electrons. The van der Waals surface area contributed by atoms with Crippen LogP contribution in [0.25, 0.3) is 11.1 Å². The highest BCUT2D eigenvalue weighted by Crippen LogP contribution is 2.33. The number of hydrogen-bond donors (Lipinski definition) is 1. The summed E-state index contributed by atoms with van der Waals surface area (Å²) in [6.07, 6.45) is -1.50. The van der Waals surface area contributed by atoms with E-state index in [1.807, 2.05) is 6.92 Å². The van der Waals surface area contributed by atoms with Gasteiger partial charge in [0.1, 0.15) is 0 Å². The summed E-state index contributed by atoms with van der Waals surface area (Å²) < 4.78 is 39.7. The maximum atomic E-state index is 12.7. The lowest BCUT2D eigenvalue weighted by Crippen LogP contribution is -2.04. The number of carboxylic acids is 1. The maximum absolute atomic E-state index is 12.7. The molecule has 0 amide bonds. The van der Waals surface area contributed by atoms with E-state index in [1.165, 1.54) is 18.3 Å². The van der Waals surface area contributed by atoms with Gasteiger partial charge in [0.15, 0.2) is 0 Å². The molecule has 1 aromatic heterocycles. The second-order valence-corrected chi connectivity index (χ2v) is 4.30. The number of carboxylic acid groups (broad SMARTS) is 1. The van der Waals surface area contributed by atoms with Crippen molar-refractivity contribution in [3.63, 3.8) is 0 Å². The van der Waals surface area contributed by atoms with Gasteiger partial charge in [0.2, 0.25) is 0 Å². The molecule has 1 aromatic carbocycles. The van der Waals surface area contributed by atoms with Crippen molar-refractivity contribution in [3.05, 3.63) is 47.8 Å². The minimum Gasteiger partial charge on any atom is -0.478 e. The Kier molecular flexibility index (Phi) is 3.57. The molecular formula is C14H12F3NO2. The average molecular weight is 283 g/mol. The minimum absolute atomic E-state index is 0.00817. The van der Waals surface area contributed by atoms with Crippen molar-refractivity contribution in [1.82, 2.24) is 4.57 Å². The van der Waals surface area contributed by atoms with Crippen molar-refractivity contribution in [3.8, 4) is 11.1 Å². The highest BCUT2D eigenvalue weighted by Gasteiger charge is 2.30. The molecule has 0 unspecified atom stereocenters. The second kappa shape index (κ2) is 5.03. The molecule has 0 saturated heterocycles. The predicted octanol–water partition coefficient (Wildman–Crippen LogP) is 3.89. The second-order valence-electron chi connectivity index (χ2n) is 4.30. The van der Waals surface area contributed by atoms with Crippen LogP contribution in [0.15, 0.2) is 36.7 Å². The van der Waals surface area contributed by atoms with E-state index < -0.39 is 17.7 Å². The van der Waals surface area contributed by atoms with Crippen molar-refractivity contribution in [2.75, 3.05) is 0 Å². The van der Waals surface area contributed by atoms with Crippen LogP contribution in [0.4, 0.5) is 13.2 Å². The van der Waals surface area contributed by atoms with E-state index in [1.54, 1.807) is 10.8 Å². The quantitative estimate of drug-likeness (QED) is 0.928. The van der Waals surface area contributed by atoms with Gasteiger partial charge in [-0.2, -0.15) is 13.2 Å². The van der Waals surface area contributed by atoms with E-state index in [9.17, 15) is 18.0 Å². The van der Waals surface area contributed by atoms with Crippen molar-refractivity contribution >= 4 is 5.97 Å². The lowest BCUT2D eigenvalue weighted by molar-refractivity contribution is -0.137. The Hall–Kier alpha value is -2.24. The lowest BCUT2D eigenvalue weighted by Gasteiger charge is -2.08. The first-order valence-corrected chi connectivity index (χ1v) is 5.93. The van der Waals surface area contributed by atoms with E-state index in [4.69, 9.17) is 5.11 Å². The molecule has 1 N–H and O–H groups in total. The fraction of sp³-hybridized carbons (Fsp3) is 0.214. The molecule has 2 aromatic rings. The first kappa shape index (κ1) is 14.2. The lowest BCUT2D eigenvalue weighted by atomic mass is 10.0. The van der Waals surface area contributed by atoms with E-state index in [2.05, 4.69) is 0 Å². The Morgan fingerprint density at radius 1 is 1.30 bits per heavy atom. The van der Waals surface area contributed by atoms with Crippen LogP contribution in [0.1, 0.15) is 22.8 Å². The molecule has 0 aliphatic heterocycles.